The molecule has 8 saturated heterocycles. The molecule has 0 aliphatic carbocycles. The van der Waals surface area contributed by atoms with Gasteiger partial charge in [-0.15, -0.1) is 0 Å². The number of nitrogens with one attached hydrogen (secondary N) is 2. The van der Waals surface area contributed by atoms with Crippen LogP contribution in [0.4, 0.5) is 15.3 Å². The molecule has 57 heavy (non-hydrogen) atoms. The molecule has 1 aromatic rings. The van der Waals surface area contributed by atoms with Gasteiger partial charge in [0, 0.05) is 74.3 Å². The topological polar surface area (TPSA) is 167 Å². The minimum atomic E-state index is -1.93. The van der Waals surface area contributed by atoms with Gasteiger partial charge in [0.2, 0.25) is 11.8 Å². The van der Waals surface area contributed by atoms with Crippen molar-refractivity contribution in [3.05, 3.63) is 34.4 Å². The maximum Gasteiger partial charge on any atom is 1.00 e. The Morgan fingerprint density at radius 2 is 1.18 bits per heavy atom. The van der Waals surface area contributed by atoms with Crippen molar-refractivity contribution in [1.29, 1.82) is 0 Å². The number of piperidine rings is 4. The number of amides is 4. The molecule has 2 N–H and O–H groups in total. The van der Waals surface area contributed by atoms with Gasteiger partial charge in [0.15, 0.2) is 0 Å². The summed E-state index contributed by atoms with van der Waals surface area (Å²) >= 11 is 0. The number of rotatable bonds is 5. The van der Waals surface area contributed by atoms with E-state index < -0.39 is 17.6 Å². The smallest absolute Gasteiger partial charge is 1.00 e. The molecule has 8 fully saturated rings. The summed E-state index contributed by atoms with van der Waals surface area (Å²) in [5, 5.41) is 16.8. The zero-order valence-corrected chi connectivity index (χ0v) is 34.9. The second-order valence-corrected chi connectivity index (χ2v) is 17.5. The molecular weight excluding hydrogens is 741 g/mol. The molecule has 2 spiro atoms. The van der Waals surface area contributed by atoms with E-state index in [2.05, 4.69) is 20.4 Å². The van der Waals surface area contributed by atoms with E-state index in [4.69, 9.17) is 12.2 Å². The Morgan fingerprint density at radius 1 is 0.772 bits per heavy atom. The zero-order chi connectivity index (χ0) is 40.1. The molecule has 15 nitrogen and oxygen atoms in total. The summed E-state index contributed by atoms with van der Waals surface area (Å²) in [7, 11) is 0. The van der Waals surface area contributed by atoms with Crippen LogP contribution in [-0.2, 0) is 14.3 Å². The molecule has 0 radical (unpaired) electrons. The maximum absolute atomic E-state index is 12.8. The molecule has 9 rings (SSSR count). The third-order valence-electron chi connectivity index (χ3n) is 14.4. The monoisotopic (exact) mass is 805 g/mol. The number of hydrogen-bond acceptors (Lipinski definition) is 10. The first-order chi connectivity index (χ1) is 27.2. The number of nitro groups is 1. The summed E-state index contributed by atoms with van der Waals surface area (Å²) in [5.74, 6) is 0.712. The SMILES string of the molecule is C.O=C1CC2(CCN(C3CC4CCC(C3)N4C(=O)Oc3ccc([N+](=O)[O-])cc3)CC2)CN1.[2H]C([2H])(C)OC(=O)N1C2CCC1CC(N1CCC3(CC1)CNC(=O)C3)C2.[H-].[Na+]. The van der Waals surface area contributed by atoms with E-state index in [-0.39, 0.29) is 97.0 Å². The van der Waals surface area contributed by atoms with Crippen molar-refractivity contribution in [2.75, 3.05) is 45.8 Å². The van der Waals surface area contributed by atoms with Crippen LogP contribution in [0.3, 0.4) is 0 Å². The fourth-order valence-corrected chi connectivity index (χ4v) is 11.4. The molecule has 1 aromatic carbocycles. The molecule has 0 aromatic heterocycles. The summed E-state index contributed by atoms with van der Waals surface area (Å²) < 4.78 is 25.5. The molecular formula is C41H62N7NaO8. The van der Waals surface area contributed by atoms with Gasteiger partial charge in [-0.1, -0.05) is 7.43 Å². The minimum absolute atomic E-state index is 0. The van der Waals surface area contributed by atoms with Crippen molar-refractivity contribution in [2.45, 2.75) is 140 Å². The van der Waals surface area contributed by atoms with E-state index in [0.717, 1.165) is 116 Å². The fourth-order valence-electron chi connectivity index (χ4n) is 11.4. The molecule has 4 amide bonds. The van der Waals surface area contributed by atoms with Gasteiger partial charge in [0.05, 0.1) is 14.2 Å². The summed E-state index contributed by atoms with van der Waals surface area (Å²) in [4.78, 5) is 67.6. The largest absolute Gasteiger partial charge is 1.00 e. The molecule has 310 valence electrons. The third kappa shape index (κ3) is 9.27. The Hall–Kier alpha value is -2.98. The van der Waals surface area contributed by atoms with Crippen LogP contribution in [-0.4, -0.2) is 131 Å². The summed E-state index contributed by atoms with van der Waals surface area (Å²) in [5.41, 5.74) is 0.299. The van der Waals surface area contributed by atoms with Gasteiger partial charge in [-0.2, -0.15) is 0 Å². The Labute approximate surface area is 363 Å². The second-order valence-electron chi connectivity index (χ2n) is 17.5. The van der Waals surface area contributed by atoms with Crippen LogP contribution in [0.2, 0.25) is 0 Å². The van der Waals surface area contributed by atoms with Crippen LogP contribution in [0, 0.1) is 20.9 Å². The van der Waals surface area contributed by atoms with E-state index >= 15 is 0 Å². The van der Waals surface area contributed by atoms with Gasteiger partial charge in [0.1, 0.15) is 5.75 Å². The summed E-state index contributed by atoms with van der Waals surface area (Å²) in [6.07, 6.45) is 12.5. The molecule has 8 heterocycles. The zero-order valence-electron chi connectivity index (χ0n) is 35.9. The number of nitrogens with zero attached hydrogens (tertiary/aromatic N) is 5. The number of carbonyl (C=O) groups excluding carboxylic acids is 4. The van der Waals surface area contributed by atoms with Crippen molar-refractivity contribution in [3.8, 4) is 5.75 Å². The minimum Gasteiger partial charge on any atom is -1.00 e. The van der Waals surface area contributed by atoms with Crippen LogP contribution in [0.1, 0.15) is 108 Å². The molecule has 8 aliphatic heterocycles. The van der Waals surface area contributed by atoms with E-state index in [1.165, 1.54) is 31.2 Å². The van der Waals surface area contributed by atoms with Crippen molar-refractivity contribution >= 4 is 29.7 Å². The molecule has 16 heteroatoms. The quantitative estimate of drug-likeness (QED) is 0.256. The Kier molecular flexibility index (Phi) is 13.0. The average Bonchev–Trinajstić information content (AvgIpc) is 3.88. The van der Waals surface area contributed by atoms with Crippen molar-refractivity contribution < 1.29 is 67.3 Å². The third-order valence-corrected chi connectivity index (χ3v) is 14.4. The first-order valence-corrected chi connectivity index (χ1v) is 20.4. The molecule has 8 aliphatic rings. The number of likely N-dealkylation sites (tertiary alicyclic amines) is 2. The van der Waals surface area contributed by atoms with Gasteiger partial charge in [-0.25, -0.2) is 9.59 Å². The number of carbonyl (C=O) groups is 4. The Bertz CT molecular complexity index is 1700. The predicted octanol–water partition coefficient (Wildman–Crippen LogP) is 2.18. The molecule has 4 bridgehead atoms. The van der Waals surface area contributed by atoms with E-state index in [0.29, 0.717) is 30.7 Å². The first kappa shape index (κ1) is 40.8. The van der Waals surface area contributed by atoms with Crippen LogP contribution in [0.25, 0.3) is 0 Å². The first-order valence-electron chi connectivity index (χ1n) is 21.4. The molecule has 4 atom stereocenters. The number of nitro benzene ring substituents is 1. The van der Waals surface area contributed by atoms with E-state index in [9.17, 15) is 29.3 Å². The average molecular weight is 806 g/mol. The number of hydrogen-bond donors (Lipinski definition) is 2. The van der Waals surface area contributed by atoms with Crippen LogP contribution < -0.4 is 44.9 Å². The summed E-state index contributed by atoms with van der Waals surface area (Å²) in [6, 6.07) is 7.28. The van der Waals surface area contributed by atoms with Crippen LogP contribution >= 0.6 is 0 Å². The predicted molar refractivity (Wildman–Crippen MR) is 209 cm³/mol. The Morgan fingerprint density at radius 3 is 1.53 bits per heavy atom. The second kappa shape index (κ2) is 18.1. The van der Waals surface area contributed by atoms with Gasteiger partial charge in [0.25, 0.3) is 5.69 Å². The molecule has 0 saturated carbocycles. The van der Waals surface area contributed by atoms with Crippen LogP contribution in [0.5, 0.6) is 5.75 Å². The van der Waals surface area contributed by atoms with Gasteiger partial charge < -0.3 is 41.1 Å². The van der Waals surface area contributed by atoms with Crippen molar-refractivity contribution in [3.63, 3.8) is 0 Å². The normalized spacial score (nSPS) is 31.8. The van der Waals surface area contributed by atoms with E-state index in [1.807, 2.05) is 4.90 Å². The molecule has 4 unspecified atom stereocenters. The summed E-state index contributed by atoms with van der Waals surface area (Å²) in [6.45, 7) is 5.08. The standard InChI is InChI=1S/C22H28N4O5.C18H29N3O3.CH4.Na.H/c27-20-13-22(14-23-20)7-9-24(10-8-22)18-11-16-1-2-17(12-18)25(16)21(28)31-19-5-3-15(4-6-19)26(29)30;1-2-24-17(23)21-13-3-4-14(21)10-15(9-13)20-7-5-18(6-8-20)11-16(22)19-12-18;;;/h3-6,16-18H,1-2,7-14H2,(H,23,27);13-15H,2-12H2,1H3,(H,19,22);1H4;;/q;;;+1;-1/i;2D2;;;. The van der Waals surface area contributed by atoms with Gasteiger partial charge in [-0.05, 0) is 133 Å². The van der Waals surface area contributed by atoms with Crippen molar-refractivity contribution in [1.82, 2.24) is 30.2 Å². The van der Waals surface area contributed by atoms with E-state index in [1.54, 1.807) is 4.90 Å². The fraction of sp³-hybridized carbons (Fsp3) is 0.756. The number of non-ortho nitro benzene ring substituents is 1. The van der Waals surface area contributed by atoms with Gasteiger partial charge >= 0.3 is 41.7 Å². The maximum atomic E-state index is 12.8. The van der Waals surface area contributed by atoms with Crippen LogP contribution in [0.15, 0.2) is 24.3 Å². The number of benzene rings is 1. The number of fused-ring (bicyclic) bond motifs is 4. The Balaban J connectivity index is 0.000000220. The van der Waals surface area contributed by atoms with Crippen molar-refractivity contribution in [2.24, 2.45) is 10.8 Å². The number of ether oxygens (including phenoxy) is 2. The van der Waals surface area contributed by atoms with Gasteiger partial charge in [-0.3, -0.25) is 19.7 Å².